The molecule has 0 unspecified atom stereocenters. The maximum absolute atomic E-state index is 12.7. The summed E-state index contributed by atoms with van der Waals surface area (Å²) in [6.45, 7) is 4.83. The summed E-state index contributed by atoms with van der Waals surface area (Å²) >= 11 is 0. The van der Waals surface area contributed by atoms with E-state index in [1.54, 1.807) is 0 Å². The third-order valence-corrected chi connectivity index (χ3v) is 4.59. The number of aromatic amines is 1. The Balaban J connectivity index is 1.56. The minimum absolute atomic E-state index is 0.00581. The van der Waals surface area contributed by atoms with E-state index in [1.165, 1.54) is 5.56 Å². The average molecular weight is 342 g/mol. The molecular formula is C19H26N4O2. The van der Waals surface area contributed by atoms with Crippen molar-refractivity contribution >= 4 is 5.91 Å². The number of rotatable bonds is 6. The van der Waals surface area contributed by atoms with Crippen molar-refractivity contribution in [1.29, 1.82) is 0 Å². The molecule has 25 heavy (non-hydrogen) atoms. The Labute approximate surface area is 148 Å². The number of carbonyl (C=O) groups excluding carboxylic acids is 1. The molecule has 1 aromatic carbocycles. The van der Waals surface area contributed by atoms with Gasteiger partial charge in [0.2, 0.25) is 0 Å². The van der Waals surface area contributed by atoms with Crippen molar-refractivity contribution in [3.8, 4) is 11.3 Å². The maximum atomic E-state index is 12.7. The smallest absolute Gasteiger partial charge is 0.271 e. The SMILES string of the molecule is Cc1ccc(-c2cc(C(=O)N3CCC(OCCCN)CC3)[nH]n2)cc1. The van der Waals surface area contributed by atoms with E-state index in [0.29, 0.717) is 31.9 Å². The largest absolute Gasteiger partial charge is 0.378 e. The Morgan fingerprint density at radius 1 is 1.32 bits per heavy atom. The van der Waals surface area contributed by atoms with Crippen LogP contribution >= 0.6 is 0 Å². The van der Waals surface area contributed by atoms with Crippen LogP contribution in [0, 0.1) is 6.92 Å². The molecule has 0 saturated carbocycles. The molecule has 1 aromatic heterocycles. The lowest BCUT2D eigenvalue weighted by Gasteiger charge is -2.31. The molecule has 2 aromatic rings. The van der Waals surface area contributed by atoms with Gasteiger partial charge in [0.1, 0.15) is 5.69 Å². The second-order valence-electron chi connectivity index (χ2n) is 6.54. The van der Waals surface area contributed by atoms with Gasteiger partial charge in [-0.25, -0.2) is 0 Å². The number of ether oxygens (including phenoxy) is 1. The first-order valence-electron chi connectivity index (χ1n) is 8.91. The Kier molecular flexibility index (Phi) is 5.83. The van der Waals surface area contributed by atoms with E-state index in [2.05, 4.69) is 10.2 Å². The van der Waals surface area contributed by atoms with E-state index in [0.717, 1.165) is 30.5 Å². The van der Waals surface area contributed by atoms with E-state index < -0.39 is 0 Å². The molecule has 0 bridgehead atoms. The van der Waals surface area contributed by atoms with Crippen molar-refractivity contribution in [3.63, 3.8) is 0 Å². The summed E-state index contributed by atoms with van der Waals surface area (Å²) in [7, 11) is 0. The van der Waals surface area contributed by atoms with Crippen molar-refractivity contribution in [1.82, 2.24) is 15.1 Å². The lowest BCUT2D eigenvalue weighted by atomic mass is 10.1. The number of hydrogen-bond acceptors (Lipinski definition) is 4. The number of amides is 1. The summed E-state index contributed by atoms with van der Waals surface area (Å²) < 4.78 is 5.79. The van der Waals surface area contributed by atoms with Crippen molar-refractivity contribution in [2.45, 2.75) is 32.3 Å². The second kappa shape index (κ2) is 8.27. The summed E-state index contributed by atoms with van der Waals surface area (Å²) in [6, 6.07) is 9.95. The minimum Gasteiger partial charge on any atom is -0.378 e. The number of aryl methyl sites for hydroxylation is 1. The molecule has 1 amide bonds. The normalized spacial score (nSPS) is 15.5. The molecule has 3 rings (SSSR count). The maximum Gasteiger partial charge on any atom is 0.271 e. The van der Waals surface area contributed by atoms with Crippen molar-refractivity contribution in [2.24, 2.45) is 5.73 Å². The van der Waals surface area contributed by atoms with Crippen LogP contribution in [0.1, 0.15) is 35.3 Å². The third-order valence-electron chi connectivity index (χ3n) is 4.59. The van der Waals surface area contributed by atoms with Crippen LogP contribution in [0.5, 0.6) is 0 Å². The van der Waals surface area contributed by atoms with E-state index in [1.807, 2.05) is 42.2 Å². The molecule has 1 aliphatic heterocycles. The van der Waals surface area contributed by atoms with Crippen LogP contribution < -0.4 is 5.73 Å². The molecule has 3 N–H and O–H groups in total. The van der Waals surface area contributed by atoms with Gasteiger partial charge in [0.05, 0.1) is 11.8 Å². The highest BCUT2D eigenvalue weighted by atomic mass is 16.5. The first-order chi connectivity index (χ1) is 12.2. The number of likely N-dealkylation sites (tertiary alicyclic amines) is 1. The first kappa shape index (κ1) is 17.6. The zero-order valence-corrected chi connectivity index (χ0v) is 14.7. The van der Waals surface area contributed by atoms with Gasteiger partial charge in [-0.1, -0.05) is 29.8 Å². The number of carbonyl (C=O) groups is 1. The molecule has 134 valence electrons. The van der Waals surface area contributed by atoms with Crippen LogP contribution in [0.3, 0.4) is 0 Å². The van der Waals surface area contributed by atoms with Gasteiger partial charge < -0.3 is 15.4 Å². The fraction of sp³-hybridized carbons (Fsp3) is 0.474. The van der Waals surface area contributed by atoms with Gasteiger partial charge in [0.25, 0.3) is 5.91 Å². The van der Waals surface area contributed by atoms with E-state index in [4.69, 9.17) is 10.5 Å². The van der Waals surface area contributed by atoms with Crippen LogP contribution in [0.2, 0.25) is 0 Å². The quantitative estimate of drug-likeness (QED) is 0.789. The van der Waals surface area contributed by atoms with Crippen LogP contribution in [-0.4, -0.2) is 53.3 Å². The number of hydrogen-bond donors (Lipinski definition) is 2. The summed E-state index contributed by atoms with van der Waals surface area (Å²) in [4.78, 5) is 14.5. The molecule has 1 saturated heterocycles. The standard InChI is InChI=1S/C19H26N4O2/c1-14-3-5-15(6-4-14)17-13-18(22-21-17)19(24)23-10-7-16(8-11-23)25-12-2-9-20/h3-6,13,16H,2,7-12,20H2,1H3,(H,21,22). The highest BCUT2D eigenvalue weighted by Crippen LogP contribution is 2.20. The predicted molar refractivity (Wildman–Crippen MR) is 97.3 cm³/mol. The fourth-order valence-corrected chi connectivity index (χ4v) is 3.03. The molecule has 1 fully saturated rings. The molecular weight excluding hydrogens is 316 g/mol. The molecule has 0 radical (unpaired) electrons. The molecule has 0 spiro atoms. The van der Waals surface area contributed by atoms with Gasteiger partial charge in [0.15, 0.2) is 0 Å². The monoisotopic (exact) mass is 342 g/mol. The Morgan fingerprint density at radius 3 is 2.72 bits per heavy atom. The van der Waals surface area contributed by atoms with Crippen LogP contribution in [0.25, 0.3) is 11.3 Å². The zero-order valence-electron chi connectivity index (χ0n) is 14.7. The average Bonchev–Trinajstić information content (AvgIpc) is 3.13. The van der Waals surface area contributed by atoms with Crippen molar-refractivity contribution in [2.75, 3.05) is 26.2 Å². The van der Waals surface area contributed by atoms with Gasteiger partial charge in [-0.3, -0.25) is 9.89 Å². The first-order valence-corrected chi connectivity index (χ1v) is 8.91. The lowest BCUT2D eigenvalue weighted by Crippen LogP contribution is -2.41. The van der Waals surface area contributed by atoms with Gasteiger partial charge in [-0.2, -0.15) is 5.10 Å². The molecule has 6 heteroatoms. The molecule has 6 nitrogen and oxygen atoms in total. The van der Waals surface area contributed by atoms with Crippen LogP contribution in [-0.2, 0) is 4.74 Å². The van der Waals surface area contributed by atoms with E-state index in [-0.39, 0.29) is 12.0 Å². The fourth-order valence-electron chi connectivity index (χ4n) is 3.03. The predicted octanol–water partition coefficient (Wildman–Crippen LogP) is 2.36. The van der Waals surface area contributed by atoms with Gasteiger partial charge in [-0.15, -0.1) is 0 Å². The van der Waals surface area contributed by atoms with Gasteiger partial charge in [0, 0.05) is 25.3 Å². The third kappa shape index (κ3) is 4.46. The van der Waals surface area contributed by atoms with Gasteiger partial charge in [-0.05, 0) is 38.8 Å². The number of nitrogens with two attached hydrogens (primary N) is 1. The minimum atomic E-state index is 0.00581. The van der Waals surface area contributed by atoms with E-state index >= 15 is 0 Å². The van der Waals surface area contributed by atoms with Crippen LogP contribution in [0.15, 0.2) is 30.3 Å². The van der Waals surface area contributed by atoms with Crippen LogP contribution in [0.4, 0.5) is 0 Å². The number of H-pyrrole nitrogens is 1. The van der Waals surface area contributed by atoms with Gasteiger partial charge >= 0.3 is 0 Å². The summed E-state index contributed by atoms with van der Waals surface area (Å²) in [5.74, 6) is 0.00581. The molecule has 1 aliphatic rings. The number of benzene rings is 1. The number of piperidine rings is 1. The number of nitrogens with zero attached hydrogens (tertiary/aromatic N) is 2. The molecule has 2 heterocycles. The number of nitrogens with one attached hydrogen (secondary N) is 1. The summed E-state index contributed by atoms with van der Waals surface area (Å²) in [5, 5.41) is 7.17. The second-order valence-corrected chi connectivity index (χ2v) is 6.54. The number of aromatic nitrogens is 2. The highest BCUT2D eigenvalue weighted by Gasteiger charge is 2.25. The lowest BCUT2D eigenvalue weighted by molar-refractivity contribution is 0.00829. The highest BCUT2D eigenvalue weighted by molar-refractivity contribution is 5.93. The van der Waals surface area contributed by atoms with Crippen molar-refractivity contribution < 1.29 is 9.53 Å². The summed E-state index contributed by atoms with van der Waals surface area (Å²) in [6.07, 6.45) is 2.86. The Bertz CT molecular complexity index is 688. The Hall–Kier alpha value is -2.18. The summed E-state index contributed by atoms with van der Waals surface area (Å²) in [5.41, 5.74) is 9.02. The zero-order chi connectivity index (χ0) is 17.6. The van der Waals surface area contributed by atoms with E-state index in [9.17, 15) is 4.79 Å². The Morgan fingerprint density at radius 2 is 2.04 bits per heavy atom. The van der Waals surface area contributed by atoms with Crippen molar-refractivity contribution in [3.05, 3.63) is 41.6 Å². The topological polar surface area (TPSA) is 84.2 Å². The molecule has 0 atom stereocenters. The molecule has 0 aliphatic carbocycles.